The Morgan fingerprint density at radius 2 is 1.54 bits per heavy atom. The van der Waals surface area contributed by atoms with E-state index in [9.17, 15) is 44.7 Å². The number of anilines is 2. The summed E-state index contributed by atoms with van der Waals surface area (Å²) in [5, 5.41) is 69.3. The van der Waals surface area contributed by atoms with Gasteiger partial charge in [-0.2, -0.15) is 0 Å². The van der Waals surface area contributed by atoms with Gasteiger partial charge in [0.05, 0.1) is 85.3 Å². The third-order valence-corrected chi connectivity index (χ3v) is 17.5. The zero-order valence-electron chi connectivity index (χ0n) is 49.8. The van der Waals surface area contributed by atoms with Gasteiger partial charge in [0.25, 0.3) is 0 Å². The molecule has 0 bridgehead atoms. The van der Waals surface area contributed by atoms with E-state index in [1.54, 1.807) is 60.6 Å². The lowest BCUT2D eigenvalue weighted by molar-refractivity contribution is -0.318. The van der Waals surface area contributed by atoms with Gasteiger partial charge in [0.15, 0.2) is 12.6 Å². The maximum Gasteiger partial charge on any atom is 0.414 e. The topological polar surface area (TPSA) is 289 Å². The summed E-state index contributed by atoms with van der Waals surface area (Å²) < 4.78 is 64.0. The van der Waals surface area contributed by atoms with E-state index in [4.69, 9.17) is 37.9 Å². The summed E-state index contributed by atoms with van der Waals surface area (Å²) in [5.74, 6) is -5.42. The third kappa shape index (κ3) is 16.1. The number of methoxy groups -OCH3 is 1. The summed E-state index contributed by atoms with van der Waals surface area (Å²) in [6.45, 7) is 19.4. The first kappa shape index (κ1) is 66.3. The van der Waals surface area contributed by atoms with Crippen LogP contribution in [-0.2, 0) is 52.3 Å². The van der Waals surface area contributed by atoms with Gasteiger partial charge in [-0.25, -0.2) is 9.18 Å². The molecule has 20 atom stereocenters. The molecule has 1 aromatic carbocycles. The second kappa shape index (κ2) is 28.3. The Labute approximate surface area is 477 Å². The van der Waals surface area contributed by atoms with E-state index < -0.39 is 138 Å². The predicted octanol–water partition coefficient (Wildman–Crippen LogP) is 2.19. The van der Waals surface area contributed by atoms with Crippen molar-refractivity contribution in [2.75, 3.05) is 83.5 Å². The highest BCUT2D eigenvalue weighted by atomic mass is 19.1. The maximum atomic E-state index is 15.1. The minimum absolute atomic E-state index is 0.0113. The lowest BCUT2D eigenvalue weighted by Crippen LogP contribution is -2.62. The number of cyclic esters (lactones) is 2. The van der Waals surface area contributed by atoms with Gasteiger partial charge in [-0.3, -0.25) is 19.3 Å². The van der Waals surface area contributed by atoms with Crippen LogP contribution in [0.3, 0.4) is 0 Å². The molecule has 5 heterocycles. The number of esters is 1. The number of morpholine rings is 1. The van der Waals surface area contributed by atoms with Crippen molar-refractivity contribution in [1.29, 1.82) is 0 Å². The van der Waals surface area contributed by atoms with Gasteiger partial charge in [-0.05, 0) is 99.0 Å². The average molecular weight is 1160 g/mol. The van der Waals surface area contributed by atoms with Crippen molar-refractivity contribution in [1.82, 2.24) is 20.9 Å². The van der Waals surface area contributed by atoms with Crippen LogP contribution in [0.15, 0.2) is 18.2 Å². The standard InChI is InChI=1S/C57H95FN6O17/c1-14-42-57(10,73)49(68)33(4)46(60-20-19-59-43(65)17-18-44(66)61-29-38-30-64(54(71)78-38)37-15-16-40(39(58)26-37)63-21-23-75-24-22-63)31(2)27-55(8,72)51(81-53-47(67)41(62(11)12)25-32(3)76-53)34(5)48(35(6)52(70)79-42)80-45-28-56(9,74-13)50(69)36(7)77-45/h15-16,26,31-36,38,41-42,45-51,53,60,67-69,72-73H,14,17-25,27-30H2,1-13H3,(H,59,65)(H,61,66)/t31-,32?,33+,34?,35-,36?,38?,41?,42-,45?,46+,47?,48+,49-,50?,51-,53?,55-,56?,57-/m1/s1. The second-order valence-corrected chi connectivity index (χ2v) is 24.2. The highest BCUT2D eigenvalue weighted by Gasteiger charge is 2.54. The van der Waals surface area contributed by atoms with Gasteiger partial charge in [-0.15, -0.1) is 0 Å². The van der Waals surface area contributed by atoms with Gasteiger partial charge in [-0.1, -0.05) is 27.7 Å². The molecule has 8 N–H and O–H groups in total. The van der Waals surface area contributed by atoms with Crippen molar-refractivity contribution in [2.24, 2.45) is 23.7 Å². The summed E-state index contributed by atoms with van der Waals surface area (Å²) in [5.41, 5.74) is -4.16. The molecule has 0 aliphatic carbocycles. The first-order chi connectivity index (χ1) is 38.0. The number of nitrogens with zero attached hydrogens (tertiary/aromatic N) is 3. The molecule has 5 aliphatic heterocycles. The number of benzene rings is 1. The van der Waals surface area contributed by atoms with Gasteiger partial charge >= 0.3 is 12.1 Å². The van der Waals surface area contributed by atoms with E-state index >= 15 is 4.39 Å². The van der Waals surface area contributed by atoms with Gasteiger partial charge in [0, 0.05) is 76.5 Å². The molecule has 5 saturated heterocycles. The molecule has 462 valence electrons. The largest absolute Gasteiger partial charge is 0.459 e. The number of nitrogens with one attached hydrogen (secondary N) is 3. The highest BCUT2D eigenvalue weighted by Crippen LogP contribution is 2.42. The molecule has 0 radical (unpaired) electrons. The molecule has 0 spiro atoms. The van der Waals surface area contributed by atoms with Crippen LogP contribution in [0.4, 0.5) is 20.6 Å². The normalized spacial score (nSPS) is 39.4. The summed E-state index contributed by atoms with van der Waals surface area (Å²) in [4.78, 5) is 58.5. The smallest absolute Gasteiger partial charge is 0.414 e. The van der Waals surface area contributed by atoms with E-state index in [1.165, 1.54) is 25.0 Å². The predicted molar refractivity (Wildman–Crippen MR) is 295 cm³/mol. The number of hydrogen-bond donors (Lipinski definition) is 8. The lowest BCUT2D eigenvalue weighted by atomic mass is 9.72. The molecule has 5 aliphatic rings. The Bertz CT molecular complexity index is 2250. The summed E-state index contributed by atoms with van der Waals surface area (Å²) in [6.07, 6.45) is -11.7. The van der Waals surface area contributed by atoms with E-state index in [-0.39, 0.29) is 70.4 Å². The van der Waals surface area contributed by atoms with Crippen LogP contribution in [0, 0.1) is 29.5 Å². The Morgan fingerprint density at radius 3 is 2.17 bits per heavy atom. The Balaban J connectivity index is 1.15. The van der Waals surface area contributed by atoms with E-state index in [1.807, 2.05) is 37.7 Å². The molecule has 0 saturated carbocycles. The molecule has 6 rings (SSSR count). The van der Waals surface area contributed by atoms with E-state index in [0.717, 1.165) is 0 Å². The molecule has 5 fully saturated rings. The van der Waals surface area contributed by atoms with Crippen molar-refractivity contribution in [3.63, 3.8) is 0 Å². The van der Waals surface area contributed by atoms with Crippen LogP contribution in [-0.4, -0.2) is 224 Å². The fourth-order valence-corrected chi connectivity index (χ4v) is 12.6. The Kier molecular flexibility index (Phi) is 23.2. The summed E-state index contributed by atoms with van der Waals surface area (Å²) in [6, 6.07) is 3.50. The SMILES string of the molecule is CC[C@H]1OC(=O)[C@H](C)[C@@H](OC2CC(C)(OC)C(O)C(C)O2)C(C)[C@@H](OC2OC(C)CC(N(C)C)C2O)[C@](C)(O)C[C@@H](C)[C@H](NCCNC(=O)CCC(=O)NCC2CN(c3ccc(N4CCOCC4)c(F)c3)C(=O)O2)[C@H](C)[C@@H](O)[C@]1(C)O. The van der Waals surface area contributed by atoms with Crippen LogP contribution in [0.2, 0.25) is 0 Å². The van der Waals surface area contributed by atoms with Gasteiger partial charge < -0.3 is 89.2 Å². The highest BCUT2D eigenvalue weighted by molar-refractivity contribution is 5.90. The lowest BCUT2D eigenvalue weighted by Gasteiger charge is -2.49. The zero-order chi connectivity index (χ0) is 59.9. The molecule has 24 heteroatoms. The second-order valence-electron chi connectivity index (χ2n) is 24.2. The number of likely N-dealkylation sites (N-methyl/N-ethyl adjacent to an activating group) is 1. The summed E-state index contributed by atoms with van der Waals surface area (Å²) in [7, 11) is 5.17. The number of aliphatic hydroxyl groups is 5. The molecular weight excluding hydrogens is 1060 g/mol. The zero-order valence-corrected chi connectivity index (χ0v) is 49.8. The van der Waals surface area contributed by atoms with Crippen molar-refractivity contribution in [2.45, 2.75) is 204 Å². The molecular formula is C57H95FN6O17. The van der Waals surface area contributed by atoms with Crippen molar-refractivity contribution in [3.05, 3.63) is 24.0 Å². The number of aliphatic hydroxyl groups excluding tert-OH is 3. The Morgan fingerprint density at radius 1 is 0.877 bits per heavy atom. The third-order valence-electron chi connectivity index (χ3n) is 17.5. The molecule has 81 heavy (non-hydrogen) atoms. The fourth-order valence-electron chi connectivity index (χ4n) is 12.6. The molecule has 0 aromatic heterocycles. The first-order valence-corrected chi connectivity index (χ1v) is 28.9. The van der Waals surface area contributed by atoms with Crippen LogP contribution >= 0.6 is 0 Å². The average Bonchev–Trinajstić information content (AvgIpc) is 3.91. The number of carbonyl (C=O) groups is 4. The van der Waals surface area contributed by atoms with E-state index in [2.05, 4.69) is 16.0 Å². The summed E-state index contributed by atoms with van der Waals surface area (Å²) >= 11 is 0. The number of rotatable bonds is 18. The van der Waals surface area contributed by atoms with Gasteiger partial charge in [0.2, 0.25) is 11.8 Å². The van der Waals surface area contributed by atoms with E-state index in [0.29, 0.717) is 44.1 Å². The maximum absolute atomic E-state index is 15.1. The minimum Gasteiger partial charge on any atom is -0.459 e. The number of halogens is 1. The van der Waals surface area contributed by atoms with Crippen LogP contribution in [0.5, 0.6) is 0 Å². The van der Waals surface area contributed by atoms with Crippen LogP contribution < -0.4 is 25.8 Å². The number of carbonyl (C=O) groups excluding carboxylic acids is 4. The van der Waals surface area contributed by atoms with Crippen molar-refractivity contribution >= 4 is 35.3 Å². The fraction of sp³-hybridized carbons (Fsp3) is 0.825. The molecule has 10 unspecified atom stereocenters. The quantitative estimate of drug-likeness (QED) is 0.0772. The number of hydrogen-bond acceptors (Lipinski definition) is 20. The number of ether oxygens (including phenoxy) is 8. The van der Waals surface area contributed by atoms with Crippen LogP contribution in [0.25, 0.3) is 0 Å². The van der Waals surface area contributed by atoms with Crippen LogP contribution in [0.1, 0.15) is 108 Å². The van der Waals surface area contributed by atoms with Crippen molar-refractivity contribution in [3.8, 4) is 0 Å². The molecule has 1 aromatic rings. The minimum atomic E-state index is -2.00. The Hall–Kier alpha value is -3.89. The number of amides is 3. The van der Waals surface area contributed by atoms with Gasteiger partial charge in [0.1, 0.15) is 35.8 Å². The first-order valence-electron chi connectivity index (χ1n) is 28.9. The molecule has 3 amide bonds. The molecule has 23 nitrogen and oxygen atoms in total. The van der Waals surface area contributed by atoms with Crippen molar-refractivity contribution < 1.29 is 87.0 Å². The monoisotopic (exact) mass is 1150 g/mol.